The Balaban J connectivity index is 1.78. The van der Waals surface area contributed by atoms with Crippen LogP contribution in [0.2, 0.25) is 0 Å². The van der Waals surface area contributed by atoms with E-state index in [4.69, 9.17) is 5.73 Å². The second kappa shape index (κ2) is 6.83. The van der Waals surface area contributed by atoms with E-state index in [-0.39, 0.29) is 30.7 Å². The fourth-order valence-electron chi connectivity index (χ4n) is 2.34. The number of hydrogen-bond acceptors (Lipinski definition) is 4. The van der Waals surface area contributed by atoms with Crippen molar-refractivity contribution in [3.05, 3.63) is 30.1 Å². The number of nitrogens with two attached hydrogens (primary N) is 1. The number of aromatic nitrogens is 1. The molecule has 1 aliphatic rings. The van der Waals surface area contributed by atoms with Crippen LogP contribution >= 0.6 is 0 Å². The third-order valence-corrected chi connectivity index (χ3v) is 3.40. The molecule has 0 saturated carbocycles. The molecular formula is C14H18N4O3. The average Bonchev–Trinajstić information content (AvgIpc) is 2.79. The molecule has 0 spiro atoms. The van der Waals surface area contributed by atoms with Crippen molar-refractivity contribution in [3.63, 3.8) is 0 Å². The minimum absolute atomic E-state index is 0.0767. The first kappa shape index (κ1) is 15.0. The van der Waals surface area contributed by atoms with E-state index in [1.807, 2.05) is 6.07 Å². The second-order valence-corrected chi connectivity index (χ2v) is 5.05. The van der Waals surface area contributed by atoms with Gasteiger partial charge in [0.05, 0.1) is 6.54 Å². The lowest BCUT2D eigenvalue weighted by Gasteiger charge is -2.14. The number of carbonyl (C=O) groups is 3. The molecule has 3 N–H and O–H groups in total. The largest absolute Gasteiger partial charge is 0.368 e. The molecule has 3 amide bonds. The number of rotatable bonds is 6. The average molecular weight is 290 g/mol. The summed E-state index contributed by atoms with van der Waals surface area (Å²) in [6.07, 6.45) is 4.05. The maximum Gasteiger partial charge on any atom is 0.237 e. The summed E-state index contributed by atoms with van der Waals surface area (Å²) in [5, 5.41) is 2.76. The van der Waals surface area contributed by atoms with Crippen molar-refractivity contribution in [2.45, 2.75) is 19.4 Å². The van der Waals surface area contributed by atoms with Gasteiger partial charge in [0.2, 0.25) is 17.7 Å². The van der Waals surface area contributed by atoms with E-state index >= 15 is 0 Å². The topological polar surface area (TPSA) is 105 Å². The Labute approximate surface area is 122 Å². The Bertz CT molecular complexity index is 532. The summed E-state index contributed by atoms with van der Waals surface area (Å²) in [6.45, 7) is 0.785. The number of hydrogen-bond donors (Lipinski definition) is 2. The number of primary amides is 1. The second-order valence-electron chi connectivity index (χ2n) is 5.05. The molecule has 2 rings (SSSR count). The number of pyridine rings is 1. The van der Waals surface area contributed by atoms with Crippen LogP contribution in [-0.2, 0) is 20.9 Å². The fraction of sp³-hybridized carbons (Fsp3) is 0.429. The van der Waals surface area contributed by atoms with E-state index in [1.165, 1.54) is 4.90 Å². The van der Waals surface area contributed by atoms with Crippen LogP contribution in [0.25, 0.3) is 0 Å². The normalized spacial score (nSPS) is 17.8. The SMILES string of the molecule is NC(=O)CN1CCC(CC(=O)NCc2cccnc2)C1=O. The molecular weight excluding hydrogens is 272 g/mol. The molecule has 0 aliphatic carbocycles. The van der Waals surface area contributed by atoms with Gasteiger partial charge in [-0.05, 0) is 18.1 Å². The van der Waals surface area contributed by atoms with Gasteiger partial charge in [-0.15, -0.1) is 0 Å². The summed E-state index contributed by atoms with van der Waals surface area (Å²) >= 11 is 0. The molecule has 1 unspecified atom stereocenters. The molecule has 0 bridgehead atoms. The van der Waals surface area contributed by atoms with Crippen molar-refractivity contribution in [1.82, 2.24) is 15.2 Å². The van der Waals surface area contributed by atoms with Gasteiger partial charge in [0.1, 0.15) is 0 Å². The monoisotopic (exact) mass is 290 g/mol. The molecule has 0 radical (unpaired) electrons. The van der Waals surface area contributed by atoms with Gasteiger partial charge in [0.25, 0.3) is 0 Å². The highest BCUT2D eigenvalue weighted by Gasteiger charge is 2.33. The van der Waals surface area contributed by atoms with Gasteiger partial charge in [0.15, 0.2) is 0 Å². The van der Waals surface area contributed by atoms with Gasteiger partial charge in [-0.3, -0.25) is 19.4 Å². The summed E-state index contributed by atoms with van der Waals surface area (Å²) in [5.41, 5.74) is 5.98. The van der Waals surface area contributed by atoms with Crippen molar-refractivity contribution in [1.29, 1.82) is 0 Å². The molecule has 1 fully saturated rings. The summed E-state index contributed by atoms with van der Waals surface area (Å²) in [6, 6.07) is 3.66. The summed E-state index contributed by atoms with van der Waals surface area (Å²) in [4.78, 5) is 40.0. The molecule has 1 aromatic rings. The number of likely N-dealkylation sites (tertiary alicyclic amines) is 1. The van der Waals surface area contributed by atoms with Crippen LogP contribution in [0.1, 0.15) is 18.4 Å². The zero-order valence-corrected chi connectivity index (χ0v) is 11.6. The Morgan fingerprint density at radius 3 is 2.95 bits per heavy atom. The van der Waals surface area contributed by atoms with Gasteiger partial charge >= 0.3 is 0 Å². The third-order valence-electron chi connectivity index (χ3n) is 3.40. The van der Waals surface area contributed by atoms with Crippen molar-refractivity contribution >= 4 is 17.7 Å². The molecule has 1 atom stereocenters. The number of carbonyl (C=O) groups excluding carboxylic acids is 3. The predicted molar refractivity (Wildman–Crippen MR) is 74.6 cm³/mol. The van der Waals surface area contributed by atoms with E-state index < -0.39 is 5.91 Å². The van der Waals surface area contributed by atoms with Crippen molar-refractivity contribution in [2.24, 2.45) is 11.7 Å². The first-order valence-electron chi connectivity index (χ1n) is 6.79. The Kier molecular flexibility index (Phi) is 4.86. The van der Waals surface area contributed by atoms with Crippen molar-refractivity contribution in [3.8, 4) is 0 Å². The molecule has 112 valence electrons. The molecule has 1 aliphatic heterocycles. The predicted octanol–water partition coefficient (Wildman–Crippen LogP) is -0.578. The molecule has 7 nitrogen and oxygen atoms in total. The maximum atomic E-state index is 12.0. The van der Waals surface area contributed by atoms with E-state index in [0.29, 0.717) is 19.5 Å². The quantitative estimate of drug-likeness (QED) is 0.731. The molecule has 7 heteroatoms. The van der Waals surface area contributed by atoms with Crippen LogP contribution in [-0.4, -0.2) is 40.7 Å². The van der Waals surface area contributed by atoms with Crippen LogP contribution in [0, 0.1) is 5.92 Å². The lowest BCUT2D eigenvalue weighted by molar-refractivity contribution is -0.136. The van der Waals surface area contributed by atoms with E-state index in [9.17, 15) is 14.4 Å². The molecule has 2 heterocycles. The molecule has 0 aromatic carbocycles. The highest BCUT2D eigenvalue weighted by molar-refractivity contribution is 5.89. The highest BCUT2D eigenvalue weighted by Crippen LogP contribution is 2.20. The van der Waals surface area contributed by atoms with E-state index in [1.54, 1.807) is 18.5 Å². The van der Waals surface area contributed by atoms with E-state index in [2.05, 4.69) is 10.3 Å². The lowest BCUT2D eigenvalue weighted by Crippen LogP contribution is -2.36. The van der Waals surface area contributed by atoms with Crippen molar-refractivity contribution < 1.29 is 14.4 Å². The minimum atomic E-state index is -0.537. The standard InChI is InChI=1S/C14H18N4O3/c15-12(19)9-18-5-3-11(14(18)21)6-13(20)17-8-10-2-1-4-16-7-10/h1-2,4,7,11H,3,5-6,8-9H2,(H2,15,19)(H,17,20). The first-order chi connectivity index (χ1) is 10.1. The Morgan fingerprint density at radius 1 is 1.48 bits per heavy atom. The maximum absolute atomic E-state index is 12.0. The highest BCUT2D eigenvalue weighted by atomic mass is 16.2. The summed E-state index contributed by atoms with van der Waals surface area (Å²) in [7, 11) is 0. The van der Waals surface area contributed by atoms with Crippen LogP contribution in [0.3, 0.4) is 0 Å². The summed E-state index contributed by atoms with van der Waals surface area (Å²) < 4.78 is 0. The first-order valence-corrected chi connectivity index (χ1v) is 6.79. The van der Waals surface area contributed by atoms with Gasteiger partial charge in [-0.2, -0.15) is 0 Å². The number of nitrogens with zero attached hydrogens (tertiary/aromatic N) is 2. The Hall–Kier alpha value is -2.44. The summed E-state index contributed by atoms with van der Waals surface area (Å²) in [5.74, 6) is -1.26. The number of amides is 3. The van der Waals surface area contributed by atoms with Gasteiger partial charge < -0.3 is 16.0 Å². The van der Waals surface area contributed by atoms with Crippen molar-refractivity contribution in [2.75, 3.05) is 13.1 Å². The van der Waals surface area contributed by atoms with Crippen LogP contribution in [0.5, 0.6) is 0 Å². The number of nitrogens with one attached hydrogen (secondary N) is 1. The van der Waals surface area contributed by atoms with Gasteiger partial charge in [0, 0.05) is 37.8 Å². The Morgan fingerprint density at radius 2 is 2.29 bits per heavy atom. The molecule has 21 heavy (non-hydrogen) atoms. The molecule has 1 saturated heterocycles. The zero-order chi connectivity index (χ0) is 15.2. The van der Waals surface area contributed by atoms with Gasteiger partial charge in [-0.1, -0.05) is 6.07 Å². The minimum Gasteiger partial charge on any atom is -0.368 e. The lowest BCUT2D eigenvalue weighted by atomic mass is 10.0. The van der Waals surface area contributed by atoms with Crippen LogP contribution < -0.4 is 11.1 Å². The van der Waals surface area contributed by atoms with E-state index in [0.717, 1.165) is 5.56 Å². The van der Waals surface area contributed by atoms with Crippen LogP contribution in [0.15, 0.2) is 24.5 Å². The fourth-order valence-corrected chi connectivity index (χ4v) is 2.34. The van der Waals surface area contributed by atoms with Gasteiger partial charge in [-0.25, -0.2) is 0 Å². The van der Waals surface area contributed by atoms with Crippen LogP contribution in [0.4, 0.5) is 0 Å². The smallest absolute Gasteiger partial charge is 0.237 e. The zero-order valence-electron chi connectivity index (χ0n) is 11.6. The molecule has 1 aromatic heterocycles. The third kappa shape index (κ3) is 4.27.